The molecule has 0 bridgehead atoms. The van der Waals surface area contributed by atoms with Crippen LogP contribution >= 0.6 is 12.2 Å². The molecular formula is C20H25N3O5S. The molecule has 0 radical (unpaired) electrons. The van der Waals surface area contributed by atoms with Crippen LogP contribution in [0.4, 0.5) is 0 Å². The Morgan fingerprint density at radius 1 is 1.28 bits per heavy atom. The smallest absolute Gasteiger partial charge is 0.263 e. The van der Waals surface area contributed by atoms with Gasteiger partial charge in [0, 0.05) is 19.5 Å². The molecule has 9 heteroatoms. The monoisotopic (exact) mass is 419 g/mol. The number of rotatable bonds is 4. The number of benzene rings is 1. The van der Waals surface area contributed by atoms with Crippen molar-refractivity contribution in [2.45, 2.75) is 39.4 Å². The fraction of sp³-hybridized carbons (Fsp3) is 0.500. The van der Waals surface area contributed by atoms with Crippen molar-refractivity contribution in [2.24, 2.45) is 0 Å². The van der Waals surface area contributed by atoms with E-state index in [1.807, 2.05) is 27.0 Å². The van der Waals surface area contributed by atoms with E-state index in [9.17, 15) is 9.90 Å². The fourth-order valence-corrected chi connectivity index (χ4v) is 4.85. The minimum Gasteiger partial charge on any atom is -0.859 e. The van der Waals surface area contributed by atoms with E-state index in [0.29, 0.717) is 30.3 Å². The zero-order chi connectivity index (χ0) is 20.9. The molecule has 0 spiro atoms. The summed E-state index contributed by atoms with van der Waals surface area (Å²) in [5, 5.41) is 13.4. The van der Waals surface area contributed by atoms with E-state index >= 15 is 0 Å². The van der Waals surface area contributed by atoms with Gasteiger partial charge in [-0.1, -0.05) is 0 Å². The average molecular weight is 420 g/mol. The Bertz CT molecular complexity index is 1090. The zero-order valence-corrected chi connectivity index (χ0v) is 17.9. The van der Waals surface area contributed by atoms with Gasteiger partial charge in [-0.15, -0.1) is 0 Å². The van der Waals surface area contributed by atoms with E-state index in [2.05, 4.69) is 0 Å². The van der Waals surface area contributed by atoms with Crippen LogP contribution in [0.1, 0.15) is 36.6 Å². The van der Waals surface area contributed by atoms with Gasteiger partial charge in [0.05, 0.1) is 31.8 Å². The van der Waals surface area contributed by atoms with E-state index in [1.165, 1.54) is 9.13 Å². The van der Waals surface area contributed by atoms with Crippen molar-refractivity contribution in [3.63, 3.8) is 0 Å². The van der Waals surface area contributed by atoms with Crippen LogP contribution in [0, 0.1) is 4.77 Å². The molecule has 0 fully saturated rings. The molecular weight excluding hydrogens is 394 g/mol. The second-order valence-electron chi connectivity index (χ2n) is 7.29. The molecule has 0 amide bonds. The van der Waals surface area contributed by atoms with Gasteiger partial charge < -0.3 is 28.8 Å². The van der Waals surface area contributed by atoms with Crippen molar-refractivity contribution in [3.05, 3.63) is 37.9 Å². The molecule has 2 aliphatic heterocycles. The first-order valence-corrected chi connectivity index (χ1v) is 10.2. The quantitative estimate of drug-likeness (QED) is 0.722. The Hall–Kier alpha value is -2.52. The molecule has 2 aliphatic rings. The number of hydrogen-bond acceptors (Lipinski definition) is 6. The Morgan fingerprint density at radius 2 is 2.00 bits per heavy atom. The predicted octanol–water partition coefficient (Wildman–Crippen LogP) is 0.390. The number of hydrogen-bond donors (Lipinski definition) is 1. The highest BCUT2D eigenvalue weighted by Gasteiger charge is 2.39. The molecule has 2 aromatic rings. The lowest BCUT2D eigenvalue weighted by molar-refractivity contribution is -0.908. The Labute approximate surface area is 173 Å². The minimum atomic E-state index is -0.477. The predicted molar refractivity (Wildman–Crippen MR) is 107 cm³/mol. The molecule has 1 aromatic heterocycles. The summed E-state index contributed by atoms with van der Waals surface area (Å²) in [6.07, 6.45) is 0.785. The van der Waals surface area contributed by atoms with Crippen molar-refractivity contribution in [1.29, 1.82) is 0 Å². The topological polar surface area (TPSA) is 82.1 Å². The van der Waals surface area contributed by atoms with Gasteiger partial charge in [0.1, 0.15) is 6.04 Å². The molecule has 1 N–H and O–H groups in total. The first kappa shape index (κ1) is 19.8. The Balaban J connectivity index is 2.06. The molecule has 2 atom stereocenters. The summed E-state index contributed by atoms with van der Waals surface area (Å²) < 4.78 is 20.2. The average Bonchev–Trinajstić information content (AvgIpc) is 3.17. The van der Waals surface area contributed by atoms with Gasteiger partial charge in [0.2, 0.25) is 12.5 Å². The molecule has 156 valence electrons. The largest absolute Gasteiger partial charge is 0.859 e. The van der Waals surface area contributed by atoms with Crippen LogP contribution in [0.15, 0.2) is 10.9 Å². The number of quaternary nitrogens is 1. The van der Waals surface area contributed by atoms with Gasteiger partial charge in [0.25, 0.3) is 5.56 Å². The SMILES string of the molecule is CCn1c([O-])c(C2c3c(cc4c(c3OC)OCO4)CC[NH+]2C)c(=O)n(CC)c1=S. The second-order valence-corrected chi connectivity index (χ2v) is 7.66. The summed E-state index contributed by atoms with van der Waals surface area (Å²) in [7, 11) is 3.56. The highest BCUT2D eigenvalue weighted by Crippen LogP contribution is 2.48. The lowest BCUT2D eigenvalue weighted by Gasteiger charge is -2.35. The molecule has 29 heavy (non-hydrogen) atoms. The van der Waals surface area contributed by atoms with Crippen LogP contribution in [0.3, 0.4) is 0 Å². The van der Waals surface area contributed by atoms with Gasteiger partial charge >= 0.3 is 0 Å². The van der Waals surface area contributed by atoms with Gasteiger partial charge in [-0.05, 0) is 43.6 Å². The number of fused-ring (bicyclic) bond motifs is 2. The van der Waals surface area contributed by atoms with Gasteiger partial charge in [-0.2, -0.15) is 0 Å². The number of likely N-dealkylation sites (N-methyl/N-ethyl adjacent to an activating group) is 1. The van der Waals surface area contributed by atoms with Crippen molar-refractivity contribution < 1.29 is 24.2 Å². The van der Waals surface area contributed by atoms with Crippen molar-refractivity contribution in [2.75, 3.05) is 27.5 Å². The zero-order valence-electron chi connectivity index (χ0n) is 17.0. The number of ether oxygens (including phenoxy) is 3. The lowest BCUT2D eigenvalue weighted by atomic mass is 9.87. The Kier molecular flexibility index (Phi) is 5.04. The van der Waals surface area contributed by atoms with Gasteiger partial charge in [0.15, 0.2) is 16.3 Å². The van der Waals surface area contributed by atoms with Crippen molar-refractivity contribution in [1.82, 2.24) is 9.13 Å². The molecule has 4 rings (SSSR count). The molecule has 2 unspecified atom stereocenters. The molecule has 3 heterocycles. The second kappa shape index (κ2) is 7.38. The fourth-order valence-electron chi connectivity index (χ4n) is 4.42. The standard InChI is InChI=1S/C20H25N3O5S/c1-5-22-18(24)14(19(25)23(6-2)20(22)29)15-13-11(7-8-21(15)3)9-12-16(17(13)26-4)28-10-27-12/h9,15,24H,5-8,10H2,1-4H3. The van der Waals surface area contributed by atoms with Crippen LogP contribution in [-0.4, -0.2) is 36.6 Å². The first-order chi connectivity index (χ1) is 13.9. The van der Waals surface area contributed by atoms with E-state index in [-0.39, 0.29) is 28.6 Å². The van der Waals surface area contributed by atoms with Crippen molar-refractivity contribution in [3.8, 4) is 23.1 Å². The summed E-state index contributed by atoms with van der Waals surface area (Å²) in [5.41, 5.74) is 1.72. The van der Waals surface area contributed by atoms with E-state index in [0.717, 1.165) is 29.0 Å². The molecule has 1 aromatic carbocycles. The highest BCUT2D eigenvalue weighted by atomic mass is 32.1. The number of aromatic nitrogens is 2. The maximum atomic E-state index is 13.4. The summed E-state index contributed by atoms with van der Waals surface area (Å²) in [5.74, 6) is 1.37. The number of nitrogens with one attached hydrogen (secondary N) is 1. The van der Waals surface area contributed by atoms with E-state index < -0.39 is 6.04 Å². The lowest BCUT2D eigenvalue weighted by Crippen LogP contribution is -3.10. The first-order valence-electron chi connectivity index (χ1n) is 9.80. The summed E-state index contributed by atoms with van der Waals surface area (Å²) >= 11 is 5.41. The van der Waals surface area contributed by atoms with Gasteiger partial charge in [-0.25, -0.2) is 0 Å². The van der Waals surface area contributed by atoms with Crippen LogP contribution < -0.4 is 29.8 Å². The third-order valence-electron chi connectivity index (χ3n) is 5.85. The third kappa shape index (κ3) is 2.83. The summed E-state index contributed by atoms with van der Waals surface area (Å²) in [6, 6.07) is 1.46. The maximum Gasteiger partial charge on any atom is 0.263 e. The number of nitrogens with zero attached hydrogens (tertiary/aromatic N) is 2. The third-order valence-corrected chi connectivity index (χ3v) is 6.29. The molecule has 0 saturated heterocycles. The summed E-state index contributed by atoms with van der Waals surface area (Å²) in [6.45, 7) is 5.42. The minimum absolute atomic E-state index is 0.123. The molecule has 0 saturated carbocycles. The van der Waals surface area contributed by atoms with Crippen LogP contribution in [0.2, 0.25) is 0 Å². The molecule has 0 aliphatic carbocycles. The normalized spacial score (nSPS) is 19.9. The molecule has 8 nitrogen and oxygen atoms in total. The van der Waals surface area contributed by atoms with E-state index in [1.54, 1.807) is 7.11 Å². The highest BCUT2D eigenvalue weighted by molar-refractivity contribution is 7.71. The van der Waals surface area contributed by atoms with Crippen LogP contribution in [-0.2, 0) is 19.5 Å². The maximum absolute atomic E-state index is 13.4. The summed E-state index contributed by atoms with van der Waals surface area (Å²) in [4.78, 5) is 14.4. The Morgan fingerprint density at radius 3 is 2.66 bits per heavy atom. The van der Waals surface area contributed by atoms with Gasteiger partial charge in [-0.3, -0.25) is 9.36 Å². The van der Waals surface area contributed by atoms with Crippen molar-refractivity contribution >= 4 is 12.2 Å². The number of methoxy groups -OCH3 is 1. The van der Waals surface area contributed by atoms with Crippen LogP contribution in [0.25, 0.3) is 0 Å². The van der Waals surface area contributed by atoms with E-state index in [4.69, 9.17) is 26.4 Å². The van der Waals surface area contributed by atoms with Crippen LogP contribution in [0.5, 0.6) is 23.1 Å².